The molecule has 3 rings (SSSR count). The number of benzene rings is 2. The lowest BCUT2D eigenvalue weighted by atomic mass is 10.2. The van der Waals surface area contributed by atoms with Gasteiger partial charge in [0.1, 0.15) is 0 Å². The predicted molar refractivity (Wildman–Crippen MR) is 102 cm³/mol. The van der Waals surface area contributed by atoms with Crippen molar-refractivity contribution in [2.24, 2.45) is 0 Å². The van der Waals surface area contributed by atoms with E-state index in [-0.39, 0.29) is 17.7 Å². The molecule has 0 N–H and O–H groups in total. The Bertz CT molecular complexity index is 836. The lowest BCUT2D eigenvalue weighted by Crippen LogP contribution is -2.40. The van der Waals surface area contributed by atoms with Gasteiger partial charge in [-0.15, -0.1) is 0 Å². The standard InChI is InChI=1S/C18H18INO3S/c19-17-11-5-4-10-16(17)18(21)20-12-6-7-14(20)13-24(22,23)15-8-2-1-3-9-15/h1-5,8-11,14H,6-7,12-13H2. The van der Waals surface area contributed by atoms with Crippen molar-refractivity contribution in [3.05, 3.63) is 63.7 Å². The van der Waals surface area contributed by atoms with Crippen molar-refractivity contribution in [1.29, 1.82) is 0 Å². The molecule has 4 nitrogen and oxygen atoms in total. The normalized spacial score (nSPS) is 17.9. The molecule has 0 spiro atoms. The topological polar surface area (TPSA) is 54.5 Å². The first kappa shape index (κ1) is 17.4. The van der Waals surface area contributed by atoms with E-state index in [2.05, 4.69) is 22.6 Å². The molecule has 6 heteroatoms. The fourth-order valence-corrected chi connectivity index (χ4v) is 5.28. The number of likely N-dealkylation sites (tertiary alicyclic amines) is 1. The van der Waals surface area contributed by atoms with Crippen LogP contribution in [0.5, 0.6) is 0 Å². The van der Waals surface area contributed by atoms with Crippen molar-refractivity contribution in [2.45, 2.75) is 23.8 Å². The molecular weight excluding hydrogens is 437 g/mol. The average Bonchev–Trinajstić information content (AvgIpc) is 3.03. The minimum absolute atomic E-state index is 0.0217. The Kier molecular flexibility index (Phi) is 5.24. The Morgan fingerprint density at radius 3 is 2.46 bits per heavy atom. The van der Waals surface area contributed by atoms with Crippen molar-refractivity contribution in [1.82, 2.24) is 4.90 Å². The van der Waals surface area contributed by atoms with Crippen LogP contribution in [0.25, 0.3) is 0 Å². The van der Waals surface area contributed by atoms with Crippen LogP contribution >= 0.6 is 22.6 Å². The number of halogens is 1. The van der Waals surface area contributed by atoms with Gasteiger partial charge in [-0.05, 0) is 59.7 Å². The molecule has 126 valence electrons. The monoisotopic (exact) mass is 455 g/mol. The zero-order valence-electron chi connectivity index (χ0n) is 13.1. The summed E-state index contributed by atoms with van der Waals surface area (Å²) < 4.78 is 26.1. The van der Waals surface area contributed by atoms with Gasteiger partial charge in [-0.25, -0.2) is 8.42 Å². The predicted octanol–water partition coefficient (Wildman–Crippen LogP) is 3.37. The van der Waals surface area contributed by atoms with Crippen molar-refractivity contribution in [2.75, 3.05) is 12.3 Å². The van der Waals surface area contributed by atoms with Gasteiger partial charge in [-0.1, -0.05) is 30.3 Å². The summed E-state index contributed by atoms with van der Waals surface area (Å²) in [7, 11) is -3.40. The molecule has 24 heavy (non-hydrogen) atoms. The summed E-state index contributed by atoms with van der Waals surface area (Å²) >= 11 is 2.14. The molecule has 1 atom stereocenters. The Morgan fingerprint density at radius 2 is 1.75 bits per heavy atom. The molecule has 1 fully saturated rings. The van der Waals surface area contributed by atoms with Gasteiger partial charge in [-0.2, -0.15) is 0 Å². The van der Waals surface area contributed by atoms with Crippen LogP contribution in [0.3, 0.4) is 0 Å². The third kappa shape index (κ3) is 3.64. The van der Waals surface area contributed by atoms with Gasteiger partial charge in [0.25, 0.3) is 5.91 Å². The number of nitrogens with zero attached hydrogens (tertiary/aromatic N) is 1. The van der Waals surface area contributed by atoms with E-state index >= 15 is 0 Å². The molecule has 1 unspecified atom stereocenters. The summed E-state index contributed by atoms with van der Waals surface area (Å²) in [6.45, 7) is 0.610. The second-order valence-corrected chi connectivity index (χ2v) is 9.07. The van der Waals surface area contributed by atoms with Crippen LogP contribution < -0.4 is 0 Å². The minimum atomic E-state index is -3.40. The Labute approximate surface area is 155 Å². The number of carbonyl (C=O) groups excluding carboxylic acids is 1. The molecule has 0 aromatic heterocycles. The van der Waals surface area contributed by atoms with Gasteiger partial charge in [0, 0.05) is 16.2 Å². The van der Waals surface area contributed by atoms with Crippen LogP contribution in [0.1, 0.15) is 23.2 Å². The van der Waals surface area contributed by atoms with E-state index < -0.39 is 9.84 Å². The first-order valence-electron chi connectivity index (χ1n) is 7.82. The molecule has 1 heterocycles. The first-order chi connectivity index (χ1) is 11.5. The average molecular weight is 455 g/mol. The SMILES string of the molecule is O=C(c1ccccc1I)N1CCCC1CS(=O)(=O)c1ccccc1. The fraction of sp³-hybridized carbons (Fsp3) is 0.278. The van der Waals surface area contributed by atoms with Gasteiger partial charge >= 0.3 is 0 Å². The number of amides is 1. The van der Waals surface area contributed by atoms with Crippen LogP contribution in [0.15, 0.2) is 59.5 Å². The van der Waals surface area contributed by atoms with E-state index in [4.69, 9.17) is 0 Å². The summed E-state index contributed by atoms with van der Waals surface area (Å²) in [6, 6.07) is 15.6. The summed E-state index contributed by atoms with van der Waals surface area (Å²) in [4.78, 5) is 14.9. The molecule has 0 bridgehead atoms. The molecule has 0 saturated carbocycles. The van der Waals surface area contributed by atoms with Gasteiger partial charge in [0.05, 0.1) is 16.2 Å². The van der Waals surface area contributed by atoms with Crippen LogP contribution in [-0.4, -0.2) is 37.6 Å². The second kappa shape index (κ2) is 7.23. The van der Waals surface area contributed by atoms with E-state index in [0.29, 0.717) is 17.0 Å². The maximum atomic E-state index is 12.8. The maximum Gasteiger partial charge on any atom is 0.255 e. The van der Waals surface area contributed by atoms with Crippen molar-refractivity contribution in [3.8, 4) is 0 Å². The smallest absolute Gasteiger partial charge is 0.255 e. The van der Waals surface area contributed by atoms with Gasteiger partial charge in [0.15, 0.2) is 9.84 Å². The van der Waals surface area contributed by atoms with Crippen molar-refractivity contribution < 1.29 is 13.2 Å². The van der Waals surface area contributed by atoms with Crippen LogP contribution in [-0.2, 0) is 9.84 Å². The lowest BCUT2D eigenvalue weighted by Gasteiger charge is -2.25. The highest BCUT2D eigenvalue weighted by atomic mass is 127. The van der Waals surface area contributed by atoms with E-state index in [1.807, 2.05) is 18.2 Å². The summed E-state index contributed by atoms with van der Waals surface area (Å²) in [6.07, 6.45) is 1.56. The van der Waals surface area contributed by atoms with Crippen LogP contribution in [0.4, 0.5) is 0 Å². The highest BCUT2D eigenvalue weighted by Crippen LogP contribution is 2.25. The largest absolute Gasteiger partial charge is 0.335 e. The molecule has 2 aromatic rings. The third-order valence-electron chi connectivity index (χ3n) is 4.26. The molecule has 2 aromatic carbocycles. The number of sulfone groups is 1. The van der Waals surface area contributed by atoms with Gasteiger partial charge in [-0.3, -0.25) is 4.79 Å². The zero-order valence-corrected chi connectivity index (χ0v) is 16.0. The first-order valence-corrected chi connectivity index (χ1v) is 10.6. The fourth-order valence-electron chi connectivity index (χ4n) is 3.04. The third-order valence-corrected chi connectivity index (χ3v) is 7.01. The zero-order chi connectivity index (χ0) is 17.2. The van der Waals surface area contributed by atoms with E-state index in [0.717, 1.165) is 16.4 Å². The molecule has 1 saturated heterocycles. The molecular formula is C18H18INO3S. The molecule has 0 radical (unpaired) electrons. The lowest BCUT2D eigenvalue weighted by molar-refractivity contribution is 0.0748. The Hall–Kier alpha value is -1.41. The maximum absolute atomic E-state index is 12.8. The number of hydrogen-bond acceptors (Lipinski definition) is 3. The van der Waals surface area contributed by atoms with Crippen molar-refractivity contribution >= 4 is 38.3 Å². The van der Waals surface area contributed by atoms with Crippen LogP contribution in [0.2, 0.25) is 0 Å². The van der Waals surface area contributed by atoms with E-state index in [1.165, 1.54) is 0 Å². The Morgan fingerprint density at radius 1 is 1.08 bits per heavy atom. The summed E-state index contributed by atoms with van der Waals surface area (Å²) in [5, 5.41) is 0. The van der Waals surface area contributed by atoms with Gasteiger partial charge < -0.3 is 4.90 Å². The van der Waals surface area contributed by atoms with Crippen molar-refractivity contribution in [3.63, 3.8) is 0 Å². The summed E-state index contributed by atoms with van der Waals surface area (Å²) in [5.41, 5.74) is 0.641. The quantitative estimate of drug-likeness (QED) is 0.665. The van der Waals surface area contributed by atoms with Crippen LogP contribution in [0, 0.1) is 3.57 Å². The Balaban J connectivity index is 1.82. The number of rotatable bonds is 4. The molecule has 1 amide bonds. The second-order valence-electron chi connectivity index (χ2n) is 5.87. The minimum Gasteiger partial charge on any atom is -0.335 e. The highest BCUT2D eigenvalue weighted by Gasteiger charge is 2.33. The van der Waals surface area contributed by atoms with Gasteiger partial charge in [0.2, 0.25) is 0 Å². The molecule has 1 aliphatic rings. The number of hydrogen-bond donors (Lipinski definition) is 0. The summed E-state index contributed by atoms with van der Waals surface area (Å²) in [5.74, 6) is -0.0997. The number of carbonyl (C=O) groups is 1. The van der Waals surface area contributed by atoms with E-state index in [1.54, 1.807) is 41.3 Å². The molecule has 0 aliphatic carbocycles. The molecule has 1 aliphatic heterocycles. The van der Waals surface area contributed by atoms with E-state index in [9.17, 15) is 13.2 Å². The highest BCUT2D eigenvalue weighted by molar-refractivity contribution is 14.1.